The Kier molecular flexibility index (Phi) is 4.44. The topological polar surface area (TPSA) is 125 Å². The van der Waals surface area contributed by atoms with Crippen molar-refractivity contribution < 1.29 is 23.9 Å². The van der Waals surface area contributed by atoms with Crippen LogP contribution in [0.25, 0.3) is 4.83 Å². The first-order chi connectivity index (χ1) is 12.9. The van der Waals surface area contributed by atoms with Crippen molar-refractivity contribution >= 4 is 46.2 Å². The van der Waals surface area contributed by atoms with E-state index < -0.39 is 17.9 Å². The van der Waals surface area contributed by atoms with Gasteiger partial charge in [-0.15, -0.1) is 11.8 Å². The predicted octanol–water partition coefficient (Wildman–Crippen LogP) is -1.66. The van der Waals surface area contributed by atoms with E-state index in [1.54, 1.807) is 0 Å². The highest BCUT2D eigenvalue weighted by Gasteiger charge is 2.50. The second-order valence-electron chi connectivity index (χ2n) is 6.41. The molecule has 0 radical (unpaired) electrons. The molecule has 0 aromatic carbocycles. The van der Waals surface area contributed by atoms with Crippen molar-refractivity contribution in [3.05, 3.63) is 34.9 Å². The van der Waals surface area contributed by atoms with Crippen LogP contribution in [0.1, 0.15) is 18.8 Å². The minimum absolute atomic E-state index is 0.0885. The molecule has 0 bridgehead atoms. The van der Waals surface area contributed by atoms with Crippen molar-refractivity contribution in [1.29, 1.82) is 0 Å². The number of amides is 2. The SMILES string of the molecule is C[C@@H](NC=O)c1n(CC2=C(C(=O)[O-])N3C(=O)[C@@H](N)[C@H]3SC2)cc2scc[n+]12. The van der Waals surface area contributed by atoms with Crippen LogP contribution in [-0.2, 0) is 20.9 Å². The number of rotatable bonds is 6. The van der Waals surface area contributed by atoms with Gasteiger partial charge in [-0.1, -0.05) is 11.3 Å². The minimum atomic E-state index is -1.38. The van der Waals surface area contributed by atoms with Gasteiger partial charge in [0.15, 0.2) is 0 Å². The molecule has 2 amide bonds. The van der Waals surface area contributed by atoms with Crippen LogP contribution >= 0.6 is 23.1 Å². The molecular weight excluding hydrogens is 390 g/mol. The van der Waals surface area contributed by atoms with Gasteiger partial charge in [-0.05, 0) is 6.92 Å². The molecule has 3 atom stereocenters. The average Bonchev–Trinajstić information content (AvgIpc) is 3.21. The number of fused-ring (bicyclic) bond motifs is 2. The van der Waals surface area contributed by atoms with Gasteiger partial charge in [0, 0.05) is 16.7 Å². The highest BCUT2D eigenvalue weighted by atomic mass is 32.2. The van der Waals surface area contributed by atoms with E-state index in [1.807, 2.05) is 33.7 Å². The lowest BCUT2D eigenvalue weighted by molar-refractivity contribution is -0.520. The molecule has 2 aromatic heterocycles. The van der Waals surface area contributed by atoms with Crippen LogP contribution in [0.4, 0.5) is 0 Å². The van der Waals surface area contributed by atoms with Crippen LogP contribution < -0.4 is 20.6 Å². The number of nitrogens with one attached hydrogen (secondary N) is 1. The number of carboxylic acids is 1. The number of nitrogens with zero attached hydrogens (tertiary/aromatic N) is 3. The molecule has 27 heavy (non-hydrogen) atoms. The molecule has 11 heteroatoms. The van der Waals surface area contributed by atoms with Gasteiger partial charge in [0.25, 0.3) is 5.82 Å². The second kappa shape index (κ2) is 6.66. The molecular formula is C16H17N5O4S2. The Hall–Kier alpha value is -2.37. The third kappa shape index (κ3) is 2.73. The number of thiazole rings is 1. The van der Waals surface area contributed by atoms with Gasteiger partial charge in [-0.2, -0.15) is 4.40 Å². The van der Waals surface area contributed by atoms with E-state index in [1.165, 1.54) is 28.0 Å². The molecule has 2 aromatic rings. The van der Waals surface area contributed by atoms with Gasteiger partial charge in [0.05, 0.1) is 11.7 Å². The molecule has 3 N–H and O–H groups in total. The lowest BCUT2D eigenvalue weighted by Crippen LogP contribution is -2.69. The second-order valence-corrected chi connectivity index (χ2v) is 8.44. The van der Waals surface area contributed by atoms with Crippen LogP contribution in [0.15, 0.2) is 29.0 Å². The van der Waals surface area contributed by atoms with Gasteiger partial charge in [0.2, 0.25) is 17.1 Å². The first kappa shape index (κ1) is 18.0. The monoisotopic (exact) mass is 407 g/mol. The van der Waals surface area contributed by atoms with Crippen LogP contribution in [0.3, 0.4) is 0 Å². The van der Waals surface area contributed by atoms with Gasteiger partial charge in [-0.3, -0.25) is 14.5 Å². The maximum absolute atomic E-state index is 12.1. The lowest BCUT2D eigenvalue weighted by Gasteiger charge is -2.49. The van der Waals surface area contributed by atoms with E-state index >= 15 is 0 Å². The first-order valence-electron chi connectivity index (χ1n) is 8.25. The normalized spacial score (nSPS) is 23.2. The Morgan fingerprint density at radius 1 is 1.59 bits per heavy atom. The van der Waals surface area contributed by atoms with Crippen LogP contribution in [0, 0.1) is 0 Å². The summed E-state index contributed by atoms with van der Waals surface area (Å²) in [6.07, 6.45) is 4.43. The molecule has 0 spiro atoms. The quantitative estimate of drug-likeness (QED) is 0.336. The molecule has 142 valence electrons. The van der Waals surface area contributed by atoms with Crippen LogP contribution in [0.2, 0.25) is 0 Å². The average molecular weight is 407 g/mol. The summed E-state index contributed by atoms with van der Waals surface area (Å²) in [5.74, 6) is -0.528. The smallest absolute Gasteiger partial charge is 0.285 e. The third-order valence-corrected chi connectivity index (χ3v) is 6.95. The van der Waals surface area contributed by atoms with Gasteiger partial charge >= 0.3 is 0 Å². The zero-order chi connectivity index (χ0) is 19.3. The zero-order valence-electron chi connectivity index (χ0n) is 14.3. The van der Waals surface area contributed by atoms with E-state index in [0.717, 1.165) is 10.7 Å². The summed E-state index contributed by atoms with van der Waals surface area (Å²) in [5.41, 5.74) is 6.27. The van der Waals surface area contributed by atoms with E-state index in [-0.39, 0.29) is 23.7 Å². The number of nitrogens with two attached hydrogens (primary N) is 1. The molecule has 4 heterocycles. The Morgan fingerprint density at radius 3 is 3.07 bits per heavy atom. The van der Waals surface area contributed by atoms with E-state index in [2.05, 4.69) is 5.32 Å². The molecule has 1 fully saturated rings. The summed E-state index contributed by atoms with van der Waals surface area (Å²) in [7, 11) is 0. The van der Waals surface area contributed by atoms with Gasteiger partial charge in [0.1, 0.15) is 36.4 Å². The molecule has 9 nitrogen and oxygen atoms in total. The zero-order valence-corrected chi connectivity index (χ0v) is 16.0. The van der Waals surface area contributed by atoms with Crippen LogP contribution in [0.5, 0.6) is 0 Å². The maximum Gasteiger partial charge on any atom is 0.285 e. The fraction of sp³-hybridized carbons (Fsp3) is 0.375. The largest absolute Gasteiger partial charge is 0.543 e. The maximum atomic E-state index is 12.1. The number of carbonyl (C=O) groups is 3. The van der Waals surface area contributed by atoms with Crippen LogP contribution in [-0.4, -0.2) is 44.9 Å². The third-order valence-electron chi connectivity index (χ3n) is 4.79. The van der Waals surface area contributed by atoms with Crippen molar-refractivity contribution in [2.75, 3.05) is 5.75 Å². The Bertz CT molecular complexity index is 981. The Morgan fingerprint density at radius 2 is 2.37 bits per heavy atom. The molecule has 0 saturated carbocycles. The highest BCUT2D eigenvalue weighted by molar-refractivity contribution is 8.00. The number of carboxylic acid groups (broad SMARTS) is 1. The predicted molar refractivity (Wildman–Crippen MR) is 96.2 cm³/mol. The van der Waals surface area contributed by atoms with E-state index in [4.69, 9.17) is 5.73 Å². The highest BCUT2D eigenvalue weighted by Crippen LogP contribution is 2.39. The molecule has 2 aliphatic rings. The minimum Gasteiger partial charge on any atom is -0.543 e. The van der Waals surface area contributed by atoms with Gasteiger partial charge in [-0.25, -0.2) is 4.57 Å². The number of thioether (sulfide) groups is 1. The van der Waals surface area contributed by atoms with Gasteiger partial charge < -0.3 is 21.0 Å². The van der Waals surface area contributed by atoms with Crippen molar-refractivity contribution in [2.24, 2.45) is 5.73 Å². The number of aliphatic carboxylic acids is 1. The molecule has 4 rings (SSSR count). The standard InChI is InChI=1S/C16H17N5O4S2/c1-8(18-7-22)13-19(5-10-20(13)2-3-26-10)4-9-6-27-15-11(17)14(23)21(15)12(9)16(24)25/h2-3,5,7-8,11,15H,4,6,17H2,1H3,(H-,18,22,24,25)/t8-,11-,15-/m1/s1. The number of aromatic nitrogens is 2. The Labute approximate surface area is 162 Å². The summed E-state index contributed by atoms with van der Waals surface area (Å²) in [4.78, 5) is 36.9. The summed E-state index contributed by atoms with van der Waals surface area (Å²) in [6, 6.07) is -0.958. The van der Waals surface area contributed by atoms with Crippen molar-refractivity contribution in [2.45, 2.75) is 30.9 Å². The Balaban J connectivity index is 1.76. The number of hydrogen-bond acceptors (Lipinski definition) is 7. The molecule has 0 unspecified atom stereocenters. The van der Waals surface area contributed by atoms with Crippen molar-refractivity contribution in [3.63, 3.8) is 0 Å². The summed E-state index contributed by atoms with van der Waals surface area (Å²) >= 11 is 2.98. The lowest BCUT2D eigenvalue weighted by atomic mass is 10.0. The number of β-lactam (4-membered cyclic amide) rings is 1. The van der Waals surface area contributed by atoms with Crippen molar-refractivity contribution in [3.8, 4) is 0 Å². The summed E-state index contributed by atoms with van der Waals surface area (Å²) < 4.78 is 3.85. The fourth-order valence-electron chi connectivity index (χ4n) is 3.57. The number of imidazole rings is 1. The fourth-order valence-corrected chi connectivity index (χ4v) is 5.63. The van der Waals surface area contributed by atoms with Crippen molar-refractivity contribution in [1.82, 2.24) is 14.8 Å². The van der Waals surface area contributed by atoms with E-state index in [0.29, 0.717) is 17.7 Å². The summed E-state index contributed by atoms with van der Waals surface area (Å²) in [5, 5.41) is 16.1. The molecule has 0 aliphatic carbocycles. The molecule has 2 aliphatic heterocycles. The molecule has 1 saturated heterocycles. The first-order valence-corrected chi connectivity index (χ1v) is 10.2. The number of hydrogen-bond donors (Lipinski definition) is 2. The summed E-state index contributed by atoms with van der Waals surface area (Å²) in [6.45, 7) is 2.12. The number of carbonyl (C=O) groups excluding carboxylic acids is 3. The van der Waals surface area contributed by atoms with E-state index in [9.17, 15) is 19.5 Å².